The first-order chi connectivity index (χ1) is 7.61. The minimum absolute atomic E-state index is 0.00297. The van der Waals surface area contributed by atoms with E-state index in [2.05, 4.69) is 32.0 Å². The highest BCUT2D eigenvalue weighted by molar-refractivity contribution is 5.46. The maximum absolute atomic E-state index is 10.4. The molecular formula is C13H17NO2. The van der Waals surface area contributed by atoms with Crippen LogP contribution in [0.1, 0.15) is 35.4 Å². The maximum atomic E-state index is 10.4. The summed E-state index contributed by atoms with van der Waals surface area (Å²) in [5, 5.41) is 10.0. The van der Waals surface area contributed by atoms with Gasteiger partial charge in [0.15, 0.2) is 0 Å². The van der Waals surface area contributed by atoms with Crippen molar-refractivity contribution in [1.82, 2.24) is 5.06 Å². The average molecular weight is 219 g/mol. The maximum Gasteiger partial charge on any atom is 0.233 e. The van der Waals surface area contributed by atoms with Crippen LogP contribution in [-0.4, -0.2) is 22.7 Å². The molecule has 0 unspecified atom stereocenters. The molecule has 0 radical (unpaired) electrons. The van der Waals surface area contributed by atoms with Crippen molar-refractivity contribution >= 4 is 6.41 Å². The smallest absolute Gasteiger partial charge is 0.233 e. The molecule has 1 aliphatic carbocycles. The summed E-state index contributed by atoms with van der Waals surface area (Å²) in [5.41, 5.74) is 3.92. The molecule has 2 rings (SSSR count). The molecule has 1 aromatic carbocycles. The molecule has 3 heteroatoms. The van der Waals surface area contributed by atoms with Gasteiger partial charge in [-0.25, -0.2) is 5.06 Å². The van der Waals surface area contributed by atoms with Crippen molar-refractivity contribution in [3.63, 3.8) is 0 Å². The van der Waals surface area contributed by atoms with Crippen molar-refractivity contribution < 1.29 is 10.0 Å². The molecule has 86 valence electrons. The second-order valence-electron chi connectivity index (χ2n) is 4.67. The molecule has 1 fully saturated rings. The van der Waals surface area contributed by atoms with Crippen LogP contribution < -0.4 is 0 Å². The van der Waals surface area contributed by atoms with Gasteiger partial charge in [0.2, 0.25) is 6.41 Å². The second kappa shape index (κ2) is 4.26. The lowest BCUT2D eigenvalue weighted by molar-refractivity contribution is -0.169. The largest absolute Gasteiger partial charge is 0.286 e. The Kier molecular flexibility index (Phi) is 2.97. The van der Waals surface area contributed by atoms with E-state index < -0.39 is 0 Å². The molecule has 1 N–H and O–H groups in total. The topological polar surface area (TPSA) is 40.5 Å². The Bertz CT molecular complexity index is 397. The zero-order chi connectivity index (χ0) is 11.7. The van der Waals surface area contributed by atoms with E-state index in [4.69, 9.17) is 0 Å². The first kappa shape index (κ1) is 11.1. The van der Waals surface area contributed by atoms with Crippen molar-refractivity contribution in [3.05, 3.63) is 34.9 Å². The predicted molar refractivity (Wildman–Crippen MR) is 61.4 cm³/mol. The van der Waals surface area contributed by atoms with E-state index in [1.165, 1.54) is 16.7 Å². The number of benzene rings is 1. The Labute approximate surface area is 95.6 Å². The van der Waals surface area contributed by atoms with Gasteiger partial charge in [-0.1, -0.05) is 23.8 Å². The molecule has 0 bridgehead atoms. The van der Waals surface area contributed by atoms with Crippen LogP contribution in [-0.2, 0) is 4.79 Å². The molecule has 0 spiro atoms. The van der Waals surface area contributed by atoms with Gasteiger partial charge in [-0.05, 0) is 43.7 Å². The first-order valence-corrected chi connectivity index (χ1v) is 5.61. The second-order valence-corrected chi connectivity index (χ2v) is 4.67. The van der Waals surface area contributed by atoms with Crippen LogP contribution in [0.3, 0.4) is 0 Å². The van der Waals surface area contributed by atoms with Crippen molar-refractivity contribution in [2.45, 2.75) is 38.6 Å². The van der Waals surface area contributed by atoms with Gasteiger partial charge in [-0.3, -0.25) is 10.0 Å². The van der Waals surface area contributed by atoms with E-state index in [0.717, 1.165) is 17.9 Å². The van der Waals surface area contributed by atoms with Gasteiger partial charge in [0.05, 0.1) is 6.04 Å². The highest BCUT2D eigenvalue weighted by Gasteiger charge is 2.34. The predicted octanol–water partition coefficient (Wildman–Crippen LogP) is 2.40. The fourth-order valence-electron chi connectivity index (χ4n) is 2.43. The van der Waals surface area contributed by atoms with Crippen molar-refractivity contribution in [1.29, 1.82) is 0 Å². The first-order valence-electron chi connectivity index (χ1n) is 5.61. The monoisotopic (exact) mass is 219 g/mol. The number of hydroxylamine groups is 2. The molecule has 1 aromatic rings. The molecule has 1 aliphatic rings. The third-order valence-electron chi connectivity index (χ3n) is 3.46. The molecule has 0 atom stereocenters. The highest BCUT2D eigenvalue weighted by atomic mass is 16.5. The van der Waals surface area contributed by atoms with Gasteiger partial charge in [-0.2, -0.15) is 0 Å². The van der Waals surface area contributed by atoms with Crippen LogP contribution in [0, 0.1) is 13.8 Å². The zero-order valence-electron chi connectivity index (χ0n) is 9.68. The highest BCUT2D eigenvalue weighted by Crippen LogP contribution is 2.40. The summed E-state index contributed by atoms with van der Waals surface area (Å²) in [6.07, 6.45) is 2.21. The molecule has 3 nitrogen and oxygen atoms in total. The van der Waals surface area contributed by atoms with Gasteiger partial charge in [0.1, 0.15) is 0 Å². The number of amides is 1. The van der Waals surface area contributed by atoms with Gasteiger partial charge in [0, 0.05) is 0 Å². The number of carbonyl (C=O) groups is 1. The van der Waals surface area contributed by atoms with E-state index >= 15 is 0 Å². The lowest BCUT2D eigenvalue weighted by atomic mass is 9.74. The number of rotatable bonds is 3. The number of carbonyl (C=O) groups excluding carboxylic acids is 1. The van der Waals surface area contributed by atoms with E-state index in [0.29, 0.717) is 12.3 Å². The fraction of sp³-hybridized carbons (Fsp3) is 0.462. The van der Waals surface area contributed by atoms with E-state index in [9.17, 15) is 10.0 Å². The summed E-state index contributed by atoms with van der Waals surface area (Å²) < 4.78 is 0. The van der Waals surface area contributed by atoms with Crippen molar-refractivity contribution in [2.75, 3.05) is 0 Å². The van der Waals surface area contributed by atoms with Crippen molar-refractivity contribution in [2.24, 2.45) is 0 Å². The van der Waals surface area contributed by atoms with Crippen LogP contribution in [0.5, 0.6) is 0 Å². The summed E-state index contributed by atoms with van der Waals surface area (Å²) >= 11 is 0. The minimum Gasteiger partial charge on any atom is -0.286 e. The molecule has 1 amide bonds. The van der Waals surface area contributed by atoms with Crippen LogP contribution in [0.15, 0.2) is 18.2 Å². The Morgan fingerprint density at radius 3 is 2.62 bits per heavy atom. The molecule has 16 heavy (non-hydrogen) atoms. The van der Waals surface area contributed by atoms with E-state index in [1.54, 1.807) is 0 Å². The summed E-state index contributed by atoms with van der Waals surface area (Å²) in [4.78, 5) is 10.4. The molecule has 0 aliphatic heterocycles. The van der Waals surface area contributed by atoms with Crippen LogP contribution >= 0.6 is 0 Å². The zero-order valence-corrected chi connectivity index (χ0v) is 9.68. The Hall–Kier alpha value is -1.35. The number of nitrogens with zero attached hydrogens (tertiary/aromatic N) is 1. The molecule has 1 saturated carbocycles. The average Bonchev–Trinajstić information content (AvgIpc) is 2.18. The van der Waals surface area contributed by atoms with Gasteiger partial charge in [0.25, 0.3) is 0 Å². The fourth-order valence-corrected chi connectivity index (χ4v) is 2.43. The molecular weight excluding hydrogens is 202 g/mol. The van der Waals surface area contributed by atoms with Crippen LogP contribution in [0.25, 0.3) is 0 Å². The third-order valence-corrected chi connectivity index (χ3v) is 3.46. The number of hydrogen-bond acceptors (Lipinski definition) is 2. The Morgan fingerprint density at radius 2 is 2.06 bits per heavy atom. The molecule has 0 heterocycles. The minimum atomic E-state index is 0.00297. The normalized spacial score (nSPS) is 23.7. The van der Waals surface area contributed by atoms with Gasteiger partial charge in [-0.15, -0.1) is 0 Å². The quantitative estimate of drug-likeness (QED) is 0.482. The van der Waals surface area contributed by atoms with E-state index in [-0.39, 0.29) is 6.04 Å². The Morgan fingerprint density at radius 1 is 1.38 bits per heavy atom. The molecule has 0 aromatic heterocycles. The summed E-state index contributed by atoms with van der Waals surface area (Å²) in [6, 6.07) is 6.46. The van der Waals surface area contributed by atoms with Crippen molar-refractivity contribution in [3.8, 4) is 0 Å². The Balaban J connectivity index is 2.04. The lowest BCUT2D eigenvalue weighted by Gasteiger charge is -2.38. The summed E-state index contributed by atoms with van der Waals surface area (Å²) in [5.74, 6) is 0.486. The number of aryl methyl sites for hydroxylation is 2. The summed E-state index contributed by atoms with van der Waals surface area (Å²) in [6.45, 7) is 4.20. The van der Waals surface area contributed by atoms with Gasteiger partial charge >= 0.3 is 0 Å². The third kappa shape index (κ3) is 1.95. The standard InChI is InChI=1S/C13H17NO2/c1-9-3-4-13(10(2)5-9)11-6-12(7-11)14(16)8-15/h3-5,8,11-12,16H,6-7H2,1-2H3. The van der Waals surface area contributed by atoms with Crippen LogP contribution in [0.4, 0.5) is 0 Å². The lowest BCUT2D eigenvalue weighted by Crippen LogP contribution is -2.41. The SMILES string of the molecule is Cc1ccc(C2CC(N(O)C=O)C2)c(C)c1. The van der Waals surface area contributed by atoms with E-state index in [1.807, 2.05) is 0 Å². The van der Waals surface area contributed by atoms with Crippen LogP contribution in [0.2, 0.25) is 0 Å². The molecule has 0 saturated heterocycles. The summed E-state index contributed by atoms with van der Waals surface area (Å²) in [7, 11) is 0. The van der Waals surface area contributed by atoms with Gasteiger partial charge < -0.3 is 0 Å². The number of hydrogen-bond donors (Lipinski definition) is 1.